The van der Waals surface area contributed by atoms with E-state index in [9.17, 15) is 16.8 Å². The van der Waals surface area contributed by atoms with E-state index in [1.165, 1.54) is 31.3 Å². The van der Waals surface area contributed by atoms with E-state index in [1.54, 1.807) is 0 Å². The Balaban J connectivity index is 1.98. The summed E-state index contributed by atoms with van der Waals surface area (Å²) in [5, 5.41) is 3.20. The first-order chi connectivity index (χ1) is 9.85. The summed E-state index contributed by atoms with van der Waals surface area (Å²) >= 11 is 0. The van der Waals surface area contributed by atoms with Gasteiger partial charge in [0.15, 0.2) is 0 Å². The maximum Gasteiger partial charge on any atom is 0.240 e. The van der Waals surface area contributed by atoms with Crippen LogP contribution < -0.4 is 14.8 Å². The molecule has 0 unspecified atom stereocenters. The third kappa shape index (κ3) is 4.48. The summed E-state index contributed by atoms with van der Waals surface area (Å²) in [4.78, 5) is 0.0725. The van der Waals surface area contributed by atoms with E-state index in [-0.39, 0.29) is 9.79 Å². The van der Waals surface area contributed by atoms with Crippen molar-refractivity contribution >= 4 is 20.0 Å². The molecule has 7 nitrogen and oxygen atoms in total. The molecule has 0 amide bonds. The standard InChI is InChI=1S/C12H19N3O4S2/c1-13-20(16,17)11-4-6-12(7-5-11)21(18,19)15-9-8-14-10-2-3-10/h4-7,10,13-15H,2-3,8-9H2,1H3. The predicted molar refractivity (Wildman–Crippen MR) is 78.9 cm³/mol. The van der Waals surface area contributed by atoms with Gasteiger partial charge in [-0.05, 0) is 44.2 Å². The van der Waals surface area contributed by atoms with Crippen LogP contribution in [0.4, 0.5) is 0 Å². The molecule has 1 aliphatic rings. The second-order valence-electron chi connectivity index (χ2n) is 4.81. The van der Waals surface area contributed by atoms with Gasteiger partial charge in [-0.25, -0.2) is 26.3 Å². The quantitative estimate of drug-likeness (QED) is 0.563. The topological polar surface area (TPSA) is 104 Å². The van der Waals surface area contributed by atoms with E-state index in [2.05, 4.69) is 14.8 Å². The second-order valence-corrected chi connectivity index (χ2v) is 8.46. The molecule has 0 bridgehead atoms. The third-order valence-electron chi connectivity index (χ3n) is 3.14. The molecule has 0 radical (unpaired) electrons. The van der Waals surface area contributed by atoms with Crippen molar-refractivity contribution in [2.45, 2.75) is 28.7 Å². The van der Waals surface area contributed by atoms with Crippen LogP contribution in [0.25, 0.3) is 0 Å². The molecule has 0 heterocycles. The van der Waals surface area contributed by atoms with Crippen molar-refractivity contribution in [1.29, 1.82) is 0 Å². The van der Waals surface area contributed by atoms with Gasteiger partial charge in [-0.15, -0.1) is 0 Å². The predicted octanol–water partition coefficient (Wildman–Crippen LogP) is -0.375. The summed E-state index contributed by atoms with van der Waals surface area (Å²) in [5.74, 6) is 0. The van der Waals surface area contributed by atoms with Gasteiger partial charge in [-0.3, -0.25) is 0 Å². The first-order valence-electron chi connectivity index (χ1n) is 6.62. The van der Waals surface area contributed by atoms with Gasteiger partial charge >= 0.3 is 0 Å². The summed E-state index contributed by atoms with van der Waals surface area (Å²) < 4.78 is 51.8. The van der Waals surface area contributed by atoms with Crippen LogP contribution in [0.3, 0.4) is 0 Å². The van der Waals surface area contributed by atoms with Gasteiger partial charge in [0.1, 0.15) is 0 Å². The first kappa shape index (κ1) is 16.4. The fourth-order valence-electron chi connectivity index (χ4n) is 1.75. The van der Waals surface area contributed by atoms with Crippen molar-refractivity contribution in [1.82, 2.24) is 14.8 Å². The highest BCUT2D eigenvalue weighted by molar-refractivity contribution is 7.90. The highest BCUT2D eigenvalue weighted by atomic mass is 32.2. The zero-order valence-electron chi connectivity index (χ0n) is 11.7. The minimum Gasteiger partial charge on any atom is -0.313 e. The van der Waals surface area contributed by atoms with Crippen molar-refractivity contribution in [2.24, 2.45) is 0 Å². The van der Waals surface area contributed by atoms with Crippen molar-refractivity contribution in [3.8, 4) is 0 Å². The average Bonchev–Trinajstić information content (AvgIpc) is 3.28. The van der Waals surface area contributed by atoms with Crippen LogP contribution >= 0.6 is 0 Å². The smallest absolute Gasteiger partial charge is 0.240 e. The molecule has 118 valence electrons. The van der Waals surface area contributed by atoms with Gasteiger partial charge in [0.25, 0.3) is 0 Å². The Morgan fingerprint density at radius 2 is 1.48 bits per heavy atom. The van der Waals surface area contributed by atoms with Crippen molar-refractivity contribution < 1.29 is 16.8 Å². The molecule has 0 spiro atoms. The van der Waals surface area contributed by atoms with Crippen LogP contribution in [0.15, 0.2) is 34.1 Å². The van der Waals surface area contributed by atoms with Gasteiger partial charge in [-0.1, -0.05) is 0 Å². The molecule has 9 heteroatoms. The van der Waals surface area contributed by atoms with E-state index >= 15 is 0 Å². The Kier molecular flexibility index (Phi) is 4.99. The number of rotatable bonds is 8. The fraction of sp³-hybridized carbons (Fsp3) is 0.500. The molecular weight excluding hydrogens is 314 g/mol. The second kappa shape index (κ2) is 6.41. The number of hydrogen-bond acceptors (Lipinski definition) is 5. The molecule has 1 aromatic rings. The average molecular weight is 333 g/mol. The van der Waals surface area contributed by atoms with Gasteiger partial charge < -0.3 is 5.32 Å². The first-order valence-corrected chi connectivity index (χ1v) is 9.58. The van der Waals surface area contributed by atoms with E-state index in [1.807, 2.05) is 0 Å². The molecule has 21 heavy (non-hydrogen) atoms. The van der Waals surface area contributed by atoms with Crippen LogP contribution in [0, 0.1) is 0 Å². The van der Waals surface area contributed by atoms with Crippen molar-refractivity contribution in [3.63, 3.8) is 0 Å². The highest BCUT2D eigenvalue weighted by Crippen LogP contribution is 2.18. The van der Waals surface area contributed by atoms with E-state index < -0.39 is 20.0 Å². The summed E-state index contributed by atoms with van der Waals surface area (Å²) in [6, 6.07) is 5.62. The lowest BCUT2D eigenvalue weighted by molar-refractivity contribution is 0.574. The Labute approximate surface area is 125 Å². The SMILES string of the molecule is CNS(=O)(=O)c1ccc(S(=O)(=O)NCCNC2CC2)cc1. The molecular formula is C12H19N3O4S2. The molecule has 1 aliphatic carbocycles. The van der Waals surface area contributed by atoms with Crippen LogP contribution in [-0.4, -0.2) is 43.0 Å². The summed E-state index contributed by atoms with van der Waals surface area (Å²) in [6.07, 6.45) is 2.29. The molecule has 1 fully saturated rings. The fourth-order valence-corrected chi connectivity index (χ4v) is 3.51. The molecule has 3 N–H and O–H groups in total. The molecule has 0 aromatic heterocycles. The molecule has 0 atom stereocenters. The van der Waals surface area contributed by atoms with Gasteiger partial charge in [-0.2, -0.15) is 0 Å². The molecule has 2 rings (SSSR count). The Morgan fingerprint density at radius 3 is 1.95 bits per heavy atom. The van der Waals surface area contributed by atoms with E-state index in [4.69, 9.17) is 0 Å². The number of sulfonamides is 2. The number of hydrogen-bond donors (Lipinski definition) is 3. The minimum absolute atomic E-state index is 0.0272. The lowest BCUT2D eigenvalue weighted by Crippen LogP contribution is -2.32. The lowest BCUT2D eigenvalue weighted by Gasteiger charge is -2.08. The maximum atomic E-state index is 12.0. The zero-order valence-corrected chi connectivity index (χ0v) is 13.3. The maximum absolute atomic E-state index is 12.0. The van der Waals surface area contributed by atoms with Crippen LogP contribution in [0.1, 0.15) is 12.8 Å². The third-order valence-corrected chi connectivity index (χ3v) is 6.05. The van der Waals surface area contributed by atoms with Crippen LogP contribution in [-0.2, 0) is 20.0 Å². The molecule has 0 saturated heterocycles. The van der Waals surface area contributed by atoms with Gasteiger partial charge in [0.05, 0.1) is 9.79 Å². The van der Waals surface area contributed by atoms with Gasteiger partial charge in [0, 0.05) is 19.1 Å². The summed E-state index contributed by atoms with van der Waals surface area (Å²) in [5.41, 5.74) is 0. The largest absolute Gasteiger partial charge is 0.313 e. The van der Waals surface area contributed by atoms with Crippen molar-refractivity contribution in [2.75, 3.05) is 20.1 Å². The summed E-state index contributed by atoms with van der Waals surface area (Å²) in [7, 11) is -5.87. The minimum atomic E-state index is -3.61. The number of nitrogens with one attached hydrogen (secondary N) is 3. The normalized spacial score (nSPS) is 16.0. The molecule has 0 aliphatic heterocycles. The molecule has 1 saturated carbocycles. The Bertz CT molecular complexity index is 680. The van der Waals surface area contributed by atoms with Gasteiger partial charge in [0.2, 0.25) is 20.0 Å². The lowest BCUT2D eigenvalue weighted by atomic mass is 10.4. The Morgan fingerprint density at radius 1 is 0.952 bits per heavy atom. The van der Waals surface area contributed by atoms with Crippen molar-refractivity contribution in [3.05, 3.63) is 24.3 Å². The van der Waals surface area contributed by atoms with Crippen LogP contribution in [0.5, 0.6) is 0 Å². The van der Waals surface area contributed by atoms with Crippen LogP contribution in [0.2, 0.25) is 0 Å². The molecule has 1 aromatic carbocycles. The summed E-state index contributed by atoms with van der Waals surface area (Å²) in [6.45, 7) is 0.880. The van der Waals surface area contributed by atoms with E-state index in [0.29, 0.717) is 19.1 Å². The number of benzene rings is 1. The van der Waals surface area contributed by atoms with E-state index in [0.717, 1.165) is 12.8 Å². The zero-order chi connectivity index (χ0) is 15.5. The Hall–Kier alpha value is -1.00. The highest BCUT2D eigenvalue weighted by Gasteiger charge is 2.20. The monoisotopic (exact) mass is 333 g/mol.